The maximum absolute atomic E-state index is 3.97. The standard InChI is InChI=1S/C10H21NSi/c1-5-10(12(2,3)4)11-8-6-7-9-11/h5,10H,1,6-9H2,2-4H3. The summed E-state index contributed by atoms with van der Waals surface area (Å²) in [5.74, 6) is 0. The summed E-state index contributed by atoms with van der Waals surface area (Å²) >= 11 is 0. The lowest BCUT2D eigenvalue weighted by atomic mass is 10.4. The van der Waals surface area contributed by atoms with Crippen LogP contribution in [0.4, 0.5) is 0 Å². The van der Waals surface area contributed by atoms with Crippen molar-refractivity contribution in [3.63, 3.8) is 0 Å². The van der Waals surface area contributed by atoms with E-state index in [1.54, 1.807) is 0 Å². The van der Waals surface area contributed by atoms with E-state index in [-0.39, 0.29) is 0 Å². The molecule has 1 fully saturated rings. The van der Waals surface area contributed by atoms with Gasteiger partial charge < -0.3 is 0 Å². The molecule has 1 unspecified atom stereocenters. The first-order chi connectivity index (χ1) is 5.55. The third-order valence-corrected chi connectivity index (χ3v) is 5.02. The molecule has 1 aliphatic heterocycles. The lowest BCUT2D eigenvalue weighted by molar-refractivity contribution is 0.338. The van der Waals surface area contributed by atoms with Crippen molar-refractivity contribution in [1.29, 1.82) is 0 Å². The summed E-state index contributed by atoms with van der Waals surface area (Å²) in [5, 5.41) is 0. The molecule has 1 rings (SSSR count). The topological polar surface area (TPSA) is 3.24 Å². The monoisotopic (exact) mass is 183 g/mol. The van der Waals surface area contributed by atoms with Crippen LogP contribution in [0, 0.1) is 0 Å². The molecule has 12 heavy (non-hydrogen) atoms. The molecule has 1 heterocycles. The molecule has 0 amide bonds. The van der Waals surface area contributed by atoms with Gasteiger partial charge in [0.05, 0.1) is 8.07 Å². The Hall–Kier alpha value is -0.0831. The van der Waals surface area contributed by atoms with Gasteiger partial charge in [0, 0.05) is 5.67 Å². The summed E-state index contributed by atoms with van der Waals surface area (Å²) in [5.41, 5.74) is 0.694. The summed E-state index contributed by atoms with van der Waals surface area (Å²) in [6, 6.07) is 0. The molecule has 0 spiro atoms. The highest BCUT2D eigenvalue weighted by atomic mass is 28.3. The summed E-state index contributed by atoms with van der Waals surface area (Å²) in [6.45, 7) is 13.8. The van der Waals surface area contributed by atoms with E-state index in [9.17, 15) is 0 Å². The second-order valence-corrected chi connectivity index (χ2v) is 10.1. The van der Waals surface area contributed by atoms with E-state index in [1.165, 1.54) is 25.9 Å². The molecule has 1 nitrogen and oxygen atoms in total. The Morgan fingerprint density at radius 2 is 1.75 bits per heavy atom. The molecule has 0 radical (unpaired) electrons. The fourth-order valence-electron chi connectivity index (χ4n) is 2.07. The predicted octanol–water partition coefficient (Wildman–Crippen LogP) is 2.51. The van der Waals surface area contributed by atoms with E-state index in [1.807, 2.05) is 0 Å². The van der Waals surface area contributed by atoms with Crippen LogP contribution in [0.15, 0.2) is 12.7 Å². The van der Waals surface area contributed by atoms with Gasteiger partial charge in [-0.1, -0.05) is 25.7 Å². The van der Waals surface area contributed by atoms with Crippen LogP contribution in [0.2, 0.25) is 19.6 Å². The molecule has 0 aromatic carbocycles. The van der Waals surface area contributed by atoms with Crippen LogP contribution in [-0.2, 0) is 0 Å². The number of nitrogens with zero attached hydrogens (tertiary/aromatic N) is 1. The van der Waals surface area contributed by atoms with Gasteiger partial charge in [0.1, 0.15) is 0 Å². The summed E-state index contributed by atoms with van der Waals surface area (Å²) in [6.07, 6.45) is 4.93. The van der Waals surface area contributed by atoms with Crippen LogP contribution in [0.25, 0.3) is 0 Å². The lowest BCUT2D eigenvalue weighted by Crippen LogP contribution is -2.48. The van der Waals surface area contributed by atoms with Crippen molar-refractivity contribution in [3.8, 4) is 0 Å². The van der Waals surface area contributed by atoms with Crippen LogP contribution in [0.5, 0.6) is 0 Å². The fraction of sp³-hybridized carbons (Fsp3) is 0.800. The van der Waals surface area contributed by atoms with Crippen molar-refractivity contribution in [1.82, 2.24) is 4.90 Å². The first-order valence-electron chi connectivity index (χ1n) is 4.92. The van der Waals surface area contributed by atoms with Gasteiger partial charge >= 0.3 is 0 Å². The minimum atomic E-state index is -1.04. The zero-order valence-corrected chi connectivity index (χ0v) is 9.64. The predicted molar refractivity (Wildman–Crippen MR) is 58.1 cm³/mol. The second-order valence-electron chi connectivity index (χ2n) is 4.79. The zero-order chi connectivity index (χ0) is 9.19. The van der Waals surface area contributed by atoms with Gasteiger partial charge in [0.15, 0.2) is 0 Å². The maximum Gasteiger partial charge on any atom is 0.0686 e. The zero-order valence-electron chi connectivity index (χ0n) is 8.64. The van der Waals surface area contributed by atoms with Crippen molar-refractivity contribution in [2.45, 2.75) is 38.1 Å². The summed E-state index contributed by atoms with van der Waals surface area (Å²) in [4.78, 5) is 2.61. The van der Waals surface area contributed by atoms with Gasteiger partial charge in [-0.15, -0.1) is 6.58 Å². The van der Waals surface area contributed by atoms with Crippen LogP contribution in [-0.4, -0.2) is 31.7 Å². The smallest absolute Gasteiger partial charge is 0.0686 e. The quantitative estimate of drug-likeness (QED) is 0.480. The largest absolute Gasteiger partial charge is 0.300 e. The molecule has 1 atom stereocenters. The van der Waals surface area contributed by atoms with Gasteiger partial charge in [0.25, 0.3) is 0 Å². The molecule has 0 aromatic rings. The Morgan fingerprint density at radius 1 is 1.25 bits per heavy atom. The highest BCUT2D eigenvalue weighted by molar-refractivity contribution is 6.78. The first kappa shape index (κ1) is 10.0. The Labute approximate surface area is 77.5 Å². The Kier molecular flexibility index (Phi) is 3.13. The normalized spacial score (nSPS) is 22.6. The maximum atomic E-state index is 3.97. The van der Waals surface area contributed by atoms with E-state index >= 15 is 0 Å². The molecular weight excluding hydrogens is 162 g/mol. The van der Waals surface area contributed by atoms with Gasteiger partial charge in [0.2, 0.25) is 0 Å². The molecule has 0 saturated carbocycles. The summed E-state index contributed by atoms with van der Waals surface area (Å²) < 4.78 is 0. The fourth-order valence-corrected chi connectivity index (χ4v) is 4.13. The highest BCUT2D eigenvalue weighted by Crippen LogP contribution is 2.20. The van der Waals surface area contributed by atoms with Crippen LogP contribution >= 0.6 is 0 Å². The van der Waals surface area contributed by atoms with E-state index in [2.05, 4.69) is 37.2 Å². The molecule has 2 heteroatoms. The van der Waals surface area contributed by atoms with Crippen molar-refractivity contribution < 1.29 is 0 Å². The number of rotatable bonds is 3. The lowest BCUT2D eigenvalue weighted by Gasteiger charge is -2.34. The minimum Gasteiger partial charge on any atom is -0.300 e. The molecule has 0 N–H and O–H groups in total. The Morgan fingerprint density at radius 3 is 2.08 bits per heavy atom. The number of hydrogen-bond acceptors (Lipinski definition) is 1. The third-order valence-electron chi connectivity index (χ3n) is 2.64. The van der Waals surface area contributed by atoms with Gasteiger partial charge in [-0.2, -0.15) is 0 Å². The molecule has 1 aliphatic rings. The molecule has 70 valence electrons. The van der Waals surface area contributed by atoms with Crippen molar-refractivity contribution in [2.24, 2.45) is 0 Å². The van der Waals surface area contributed by atoms with Crippen LogP contribution in [0.1, 0.15) is 12.8 Å². The van der Waals surface area contributed by atoms with E-state index in [0.29, 0.717) is 5.67 Å². The first-order valence-corrected chi connectivity index (χ1v) is 8.50. The Balaban J connectivity index is 2.60. The van der Waals surface area contributed by atoms with Crippen molar-refractivity contribution in [3.05, 3.63) is 12.7 Å². The van der Waals surface area contributed by atoms with E-state index < -0.39 is 8.07 Å². The number of likely N-dealkylation sites (tertiary alicyclic amines) is 1. The molecule has 0 aromatic heterocycles. The van der Waals surface area contributed by atoms with Crippen LogP contribution < -0.4 is 0 Å². The average Bonchev–Trinajstić information content (AvgIpc) is 2.38. The van der Waals surface area contributed by atoms with Crippen molar-refractivity contribution >= 4 is 8.07 Å². The van der Waals surface area contributed by atoms with Gasteiger partial charge in [-0.05, 0) is 25.9 Å². The molecular formula is C10H21NSi. The average molecular weight is 183 g/mol. The van der Waals surface area contributed by atoms with E-state index in [0.717, 1.165) is 0 Å². The van der Waals surface area contributed by atoms with Crippen LogP contribution in [0.3, 0.4) is 0 Å². The second kappa shape index (κ2) is 3.75. The van der Waals surface area contributed by atoms with Gasteiger partial charge in [-0.25, -0.2) is 0 Å². The Bertz CT molecular complexity index is 154. The highest BCUT2D eigenvalue weighted by Gasteiger charge is 2.30. The summed E-state index contributed by atoms with van der Waals surface area (Å²) in [7, 11) is -1.04. The molecule has 1 saturated heterocycles. The van der Waals surface area contributed by atoms with Gasteiger partial charge in [-0.3, -0.25) is 4.90 Å². The molecule has 0 bridgehead atoms. The SMILES string of the molecule is C=CC(N1CCCC1)[Si](C)(C)C. The number of hydrogen-bond donors (Lipinski definition) is 0. The minimum absolute atomic E-state index is 0.694. The third kappa shape index (κ3) is 2.20. The molecule has 0 aliphatic carbocycles. The van der Waals surface area contributed by atoms with E-state index in [4.69, 9.17) is 0 Å². The van der Waals surface area contributed by atoms with Crippen molar-refractivity contribution in [2.75, 3.05) is 13.1 Å².